The molecule has 3 rings (SSSR count). The highest BCUT2D eigenvalue weighted by atomic mass is 19.1. The van der Waals surface area contributed by atoms with E-state index in [4.69, 9.17) is 4.74 Å². The first-order valence-electron chi connectivity index (χ1n) is 8.08. The zero-order valence-corrected chi connectivity index (χ0v) is 13.4. The van der Waals surface area contributed by atoms with Crippen molar-refractivity contribution in [3.8, 4) is 5.75 Å². The van der Waals surface area contributed by atoms with Crippen molar-refractivity contribution < 1.29 is 14.2 Å². The lowest BCUT2D eigenvalue weighted by molar-refractivity contribution is 0.266. The van der Waals surface area contributed by atoms with Gasteiger partial charge in [0.15, 0.2) is 0 Å². The Morgan fingerprint density at radius 2 is 2.25 bits per heavy atom. The lowest BCUT2D eigenvalue weighted by Crippen LogP contribution is -2.32. The molecule has 7 heteroatoms. The molecule has 1 aromatic carbocycles. The van der Waals surface area contributed by atoms with Crippen LogP contribution in [0.5, 0.6) is 5.75 Å². The number of benzene rings is 1. The van der Waals surface area contributed by atoms with E-state index < -0.39 is 0 Å². The molecule has 1 aromatic heterocycles. The Morgan fingerprint density at radius 1 is 1.33 bits per heavy atom. The molecule has 1 aliphatic rings. The van der Waals surface area contributed by atoms with E-state index in [2.05, 4.69) is 20.2 Å². The minimum atomic E-state index is -0.315. The number of rotatable bonds is 7. The minimum absolute atomic E-state index is 0.129. The van der Waals surface area contributed by atoms with E-state index >= 15 is 0 Å². The summed E-state index contributed by atoms with van der Waals surface area (Å²) in [5.74, 6) is 1.70. The van der Waals surface area contributed by atoms with Crippen molar-refractivity contribution >= 4 is 11.6 Å². The Labute approximate surface area is 140 Å². The topological polar surface area (TPSA) is 70.5 Å². The van der Waals surface area contributed by atoms with Crippen LogP contribution in [0.25, 0.3) is 0 Å². The number of aliphatic hydroxyl groups is 1. The number of nitrogens with one attached hydrogen (secondary N) is 1. The average molecular weight is 332 g/mol. The van der Waals surface area contributed by atoms with Crippen LogP contribution in [-0.4, -0.2) is 47.4 Å². The number of anilines is 2. The molecule has 0 spiro atoms. The second-order valence-corrected chi connectivity index (χ2v) is 5.67. The molecule has 1 saturated heterocycles. The summed E-state index contributed by atoms with van der Waals surface area (Å²) < 4.78 is 18.5. The predicted molar refractivity (Wildman–Crippen MR) is 89.9 cm³/mol. The number of hydrogen-bond donors (Lipinski definition) is 2. The van der Waals surface area contributed by atoms with Gasteiger partial charge < -0.3 is 20.1 Å². The van der Waals surface area contributed by atoms with Crippen molar-refractivity contribution in [2.24, 2.45) is 0 Å². The summed E-state index contributed by atoms with van der Waals surface area (Å²) in [6.45, 7) is 1.96. The fraction of sp³-hybridized carbons (Fsp3) is 0.412. The molecule has 0 amide bonds. The van der Waals surface area contributed by atoms with Crippen molar-refractivity contribution in [1.29, 1.82) is 0 Å². The number of aromatic nitrogens is 2. The third kappa shape index (κ3) is 4.11. The van der Waals surface area contributed by atoms with Crippen LogP contribution in [0.2, 0.25) is 0 Å². The smallest absolute Gasteiger partial charge is 0.134 e. The molecule has 1 fully saturated rings. The first-order chi connectivity index (χ1) is 11.8. The molecule has 128 valence electrons. The Morgan fingerprint density at radius 3 is 3.08 bits per heavy atom. The Bertz CT molecular complexity index is 671. The van der Waals surface area contributed by atoms with Gasteiger partial charge in [0.2, 0.25) is 0 Å². The van der Waals surface area contributed by atoms with Crippen LogP contribution in [0.15, 0.2) is 36.7 Å². The van der Waals surface area contributed by atoms with Gasteiger partial charge in [-0.05, 0) is 25.0 Å². The standard InChI is InChI=1S/C17H21FN4O2/c18-13-3-1-5-15(9-13)24-8-6-19-16-10-17(21-12-20-16)22-7-2-4-14(22)11-23/h1,3,5,9-10,12,14,23H,2,4,6-8,11H2,(H,19,20,21)/t14-/m1/s1. The Kier molecular flexibility index (Phi) is 5.43. The van der Waals surface area contributed by atoms with Crippen LogP contribution in [0.1, 0.15) is 12.8 Å². The average Bonchev–Trinajstić information content (AvgIpc) is 3.08. The molecule has 0 saturated carbocycles. The second kappa shape index (κ2) is 7.92. The number of ether oxygens (including phenoxy) is 1. The number of nitrogens with zero attached hydrogens (tertiary/aromatic N) is 3. The third-order valence-electron chi connectivity index (χ3n) is 4.01. The van der Waals surface area contributed by atoms with E-state index in [1.165, 1.54) is 18.5 Å². The van der Waals surface area contributed by atoms with Gasteiger partial charge in [-0.1, -0.05) is 6.07 Å². The van der Waals surface area contributed by atoms with Crippen LogP contribution in [0.3, 0.4) is 0 Å². The molecule has 24 heavy (non-hydrogen) atoms. The van der Waals surface area contributed by atoms with Crippen molar-refractivity contribution in [3.63, 3.8) is 0 Å². The molecule has 2 N–H and O–H groups in total. The van der Waals surface area contributed by atoms with Gasteiger partial charge >= 0.3 is 0 Å². The summed E-state index contributed by atoms with van der Waals surface area (Å²) in [6, 6.07) is 8.06. The number of aliphatic hydroxyl groups excluding tert-OH is 1. The fourth-order valence-electron chi connectivity index (χ4n) is 2.83. The molecular weight excluding hydrogens is 311 g/mol. The highest BCUT2D eigenvalue weighted by molar-refractivity contribution is 5.49. The molecule has 2 heterocycles. The summed E-state index contributed by atoms with van der Waals surface area (Å²) in [6.07, 6.45) is 3.54. The number of hydrogen-bond acceptors (Lipinski definition) is 6. The molecule has 1 aliphatic heterocycles. The van der Waals surface area contributed by atoms with E-state index in [0.29, 0.717) is 24.7 Å². The Hall–Kier alpha value is -2.41. The second-order valence-electron chi connectivity index (χ2n) is 5.67. The van der Waals surface area contributed by atoms with Gasteiger partial charge in [-0.15, -0.1) is 0 Å². The van der Waals surface area contributed by atoms with Gasteiger partial charge in [-0.2, -0.15) is 0 Å². The van der Waals surface area contributed by atoms with Gasteiger partial charge in [-0.3, -0.25) is 0 Å². The molecule has 0 unspecified atom stereocenters. The van der Waals surface area contributed by atoms with Crippen molar-refractivity contribution in [3.05, 3.63) is 42.5 Å². The predicted octanol–water partition coefficient (Wildman–Crippen LogP) is 2.07. The maximum absolute atomic E-state index is 13.1. The third-order valence-corrected chi connectivity index (χ3v) is 4.01. The van der Waals surface area contributed by atoms with E-state index in [1.807, 2.05) is 6.07 Å². The molecule has 6 nitrogen and oxygen atoms in total. The van der Waals surface area contributed by atoms with E-state index in [9.17, 15) is 9.50 Å². The molecule has 0 radical (unpaired) electrons. The lowest BCUT2D eigenvalue weighted by atomic mass is 10.2. The van der Waals surface area contributed by atoms with Crippen LogP contribution in [0.4, 0.5) is 16.0 Å². The number of halogens is 1. The van der Waals surface area contributed by atoms with Crippen molar-refractivity contribution in [2.75, 3.05) is 36.5 Å². The molecule has 1 atom stereocenters. The normalized spacial score (nSPS) is 17.1. The van der Waals surface area contributed by atoms with Gasteiger partial charge in [0, 0.05) is 18.7 Å². The molecular formula is C17H21FN4O2. The van der Waals surface area contributed by atoms with Gasteiger partial charge in [0.1, 0.15) is 36.1 Å². The SMILES string of the molecule is OC[C@H]1CCCN1c1cc(NCCOc2cccc(F)c2)ncn1. The van der Waals surface area contributed by atoms with Crippen LogP contribution >= 0.6 is 0 Å². The summed E-state index contributed by atoms with van der Waals surface area (Å²) in [4.78, 5) is 10.6. The van der Waals surface area contributed by atoms with Crippen LogP contribution < -0.4 is 15.0 Å². The van der Waals surface area contributed by atoms with Gasteiger partial charge in [-0.25, -0.2) is 14.4 Å². The maximum atomic E-state index is 13.1. The fourth-order valence-corrected chi connectivity index (χ4v) is 2.83. The van der Waals surface area contributed by atoms with E-state index in [-0.39, 0.29) is 18.5 Å². The highest BCUT2D eigenvalue weighted by Crippen LogP contribution is 2.24. The summed E-state index contributed by atoms with van der Waals surface area (Å²) in [5.41, 5.74) is 0. The van der Waals surface area contributed by atoms with E-state index in [1.54, 1.807) is 12.1 Å². The van der Waals surface area contributed by atoms with Gasteiger partial charge in [0.25, 0.3) is 0 Å². The minimum Gasteiger partial charge on any atom is -0.492 e. The summed E-state index contributed by atoms with van der Waals surface area (Å²) in [5, 5.41) is 12.6. The Balaban J connectivity index is 1.51. The molecule has 0 aliphatic carbocycles. The highest BCUT2D eigenvalue weighted by Gasteiger charge is 2.25. The zero-order valence-electron chi connectivity index (χ0n) is 13.4. The van der Waals surface area contributed by atoms with Crippen LogP contribution in [0, 0.1) is 5.82 Å². The summed E-state index contributed by atoms with van der Waals surface area (Å²) >= 11 is 0. The quantitative estimate of drug-likeness (QED) is 0.757. The van der Waals surface area contributed by atoms with Crippen LogP contribution in [-0.2, 0) is 0 Å². The largest absolute Gasteiger partial charge is 0.492 e. The first-order valence-corrected chi connectivity index (χ1v) is 8.08. The first kappa shape index (κ1) is 16.4. The zero-order chi connectivity index (χ0) is 16.8. The summed E-state index contributed by atoms with van der Waals surface area (Å²) in [7, 11) is 0. The van der Waals surface area contributed by atoms with E-state index in [0.717, 1.165) is 25.2 Å². The molecule has 0 bridgehead atoms. The monoisotopic (exact) mass is 332 g/mol. The lowest BCUT2D eigenvalue weighted by Gasteiger charge is -2.24. The van der Waals surface area contributed by atoms with Gasteiger partial charge in [0.05, 0.1) is 19.2 Å². The van der Waals surface area contributed by atoms with Crippen molar-refractivity contribution in [1.82, 2.24) is 9.97 Å². The van der Waals surface area contributed by atoms with Crippen molar-refractivity contribution in [2.45, 2.75) is 18.9 Å². The molecule has 2 aromatic rings. The maximum Gasteiger partial charge on any atom is 0.134 e.